The van der Waals surface area contributed by atoms with Crippen LogP contribution in [0.15, 0.2) is 12.1 Å². The van der Waals surface area contributed by atoms with Gasteiger partial charge in [0.25, 0.3) is 6.43 Å². The summed E-state index contributed by atoms with van der Waals surface area (Å²) < 4.78 is 26.3. The number of carbonyl (C=O) groups excluding carboxylic acids is 1. The van der Waals surface area contributed by atoms with E-state index in [1.54, 1.807) is 6.07 Å². The van der Waals surface area contributed by atoms with Gasteiger partial charge in [0.15, 0.2) is 0 Å². The number of aryl methyl sites for hydroxylation is 1. The van der Waals surface area contributed by atoms with Gasteiger partial charge in [0.05, 0.1) is 5.56 Å². The topological polar surface area (TPSA) is 37.3 Å². The molecule has 3 aliphatic rings. The zero-order valence-corrected chi connectivity index (χ0v) is 13.3. The highest BCUT2D eigenvalue weighted by molar-refractivity contribution is 5.87. The molecule has 0 spiro atoms. The number of carbonyl (C=O) groups is 1. The number of halogens is 2. The van der Waals surface area contributed by atoms with Crippen molar-refractivity contribution in [2.24, 2.45) is 17.3 Å². The first-order chi connectivity index (χ1) is 10.9. The van der Waals surface area contributed by atoms with Gasteiger partial charge in [-0.25, -0.2) is 8.78 Å². The van der Waals surface area contributed by atoms with Gasteiger partial charge in [0.1, 0.15) is 11.5 Å². The number of Topliss-reactive ketones (excluding diaryl/α,β-unsaturated/α-hetero) is 1. The maximum absolute atomic E-state index is 13.1. The highest BCUT2D eigenvalue weighted by Gasteiger charge is 2.54. The molecule has 1 aromatic rings. The van der Waals surface area contributed by atoms with Crippen molar-refractivity contribution in [1.82, 2.24) is 0 Å². The fraction of sp³-hybridized carbons (Fsp3) is 0.632. The van der Waals surface area contributed by atoms with Crippen LogP contribution in [0.25, 0.3) is 0 Å². The third-order valence-electron chi connectivity index (χ3n) is 6.82. The summed E-state index contributed by atoms with van der Waals surface area (Å²) in [4.78, 5) is 12.3. The van der Waals surface area contributed by atoms with Crippen LogP contribution in [0.2, 0.25) is 0 Å². The van der Waals surface area contributed by atoms with Crippen molar-refractivity contribution >= 4 is 5.78 Å². The van der Waals surface area contributed by atoms with Gasteiger partial charge in [-0.2, -0.15) is 0 Å². The van der Waals surface area contributed by atoms with Crippen LogP contribution in [0.5, 0.6) is 5.75 Å². The second-order valence-electron chi connectivity index (χ2n) is 7.74. The fourth-order valence-corrected chi connectivity index (χ4v) is 5.57. The van der Waals surface area contributed by atoms with Crippen LogP contribution in [0.1, 0.15) is 68.1 Å². The van der Waals surface area contributed by atoms with Crippen LogP contribution < -0.4 is 0 Å². The molecule has 1 N–H and O–H groups in total. The van der Waals surface area contributed by atoms with Gasteiger partial charge in [-0.1, -0.05) is 6.92 Å². The number of phenolic OH excluding ortho intramolecular Hbond substituents is 1. The van der Waals surface area contributed by atoms with Gasteiger partial charge in [-0.15, -0.1) is 0 Å². The lowest BCUT2D eigenvalue weighted by molar-refractivity contribution is -0.129. The quantitative estimate of drug-likeness (QED) is 0.810. The molecular formula is C19H22F2O2. The second kappa shape index (κ2) is 5.02. The molecule has 1 aromatic carbocycles. The van der Waals surface area contributed by atoms with Crippen molar-refractivity contribution in [3.63, 3.8) is 0 Å². The Morgan fingerprint density at radius 3 is 2.74 bits per heavy atom. The molecule has 2 saturated carbocycles. The minimum absolute atomic E-state index is 0.193. The lowest BCUT2D eigenvalue weighted by Gasteiger charge is -2.48. The zero-order valence-electron chi connectivity index (χ0n) is 13.3. The van der Waals surface area contributed by atoms with E-state index in [1.165, 1.54) is 6.07 Å². The van der Waals surface area contributed by atoms with Crippen LogP contribution in [0, 0.1) is 17.3 Å². The first-order valence-corrected chi connectivity index (χ1v) is 8.59. The lowest BCUT2D eigenvalue weighted by atomic mass is 9.55. The molecule has 124 valence electrons. The number of benzene rings is 1. The maximum atomic E-state index is 13.1. The first-order valence-electron chi connectivity index (χ1n) is 8.59. The molecule has 2 nitrogen and oxygen atoms in total. The van der Waals surface area contributed by atoms with Crippen molar-refractivity contribution in [1.29, 1.82) is 0 Å². The molecule has 2 fully saturated rings. The summed E-state index contributed by atoms with van der Waals surface area (Å²) in [6.45, 7) is 2.11. The van der Waals surface area contributed by atoms with Crippen molar-refractivity contribution < 1.29 is 18.7 Å². The van der Waals surface area contributed by atoms with Crippen LogP contribution in [0.4, 0.5) is 8.78 Å². The van der Waals surface area contributed by atoms with Crippen molar-refractivity contribution in [2.75, 3.05) is 0 Å². The number of hydrogen-bond donors (Lipinski definition) is 1. The predicted molar refractivity (Wildman–Crippen MR) is 82.7 cm³/mol. The highest BCUT2D eigenvalue weighted by Crippen LogP contribution is 2.59. The molecule has 23 heavy (non-hydrogen) atoms. The van der Waals surface area contributed by atoms with E-state index >= 15 is 0 Å². The monoisotopic (exact) mass is 320 g/mol. The first kappa shape index (κ1) is 15.1. The number of alkyl halides is 2. The number of fused-ring (bicyclic) bond motifs is 5. The Balaban J connectivity index is 1.74. The highest BCUT2D eigenvalue weighted by atomic mass is 19.3. The number of rotatable bonds is 1. The molecule has 3 aliphatic carbocycles. The van der Waals surface area contributed by atoms with Gasteiger partial charge < -0.3 is 5.11 Å². The van der Waals surface area contributed by atoms with Gasteiger partial charge in [0, 0.05) is 11.8 Å². The Hall–Kier alpha value is -1.45. The third-order valence-corrected chi connectivity index (χ3v) is 6.82. The Labute approximate surface area is 134 Å². The van der Waals surface area contributed by atoms with Crippen molar-refractivity contribution in [2.45, 2.75) is 57.8 Å². The van der Waals surface area contributed by atoms with E-state index < -0.39 is 6.43 Å². The summed E-state index contributed by atoms with van der Waals surface area (Å²) in [6, 6.07) is 3.08. The molecule has 0 radical (unpaired) electrons. The normalized spacial score (nSPS) is 35.8. The van der Waals surface area contributed by atoms with Gasteiger partial charge >= 0.3 is 0 Å². The summed E-state index contributed by atoms with van der Waals surface area (Å²) in [5, 5.41) is 9.83. The summed E-state index contributed by atoms with van der Waals surface area (Å²) in [5.41, 5.74) is 1.57. The smallest absolute Gasteiger partial charge is 0.267 e. The lowest BCUT2D eigenvalue weighted by Crippen LogP contribution is -2.42. The minimum atomic E-state index is -2.65. The average Bonchev–Trinajstić information content (AvgIpc) is 2.81. The molecule has 4 atom stereocenters. The molecule has 0 saturated heterocycles. The Bertz CT molecular complexity index is 670. The number of phenols is 1. The Morgan fingerprint density at radius 1 is 1.22 bits per heavy atom. The van der Waals surface area contributed by atoms with Gasteiger partial charge in [-0.3, -0.25) is 4.79 Å². The van der Waals surface area contributed by atoms with E-state index in [1.807, 2.05) is 0 Å². The van der Waals surface area contributed by atoms with E-state index in [9.17, 15) is 18.7 Å². The Morgan fingerprint density at radius 2 is 2.00 bits per heavy atom. The minimum Gasteiger partial charge on any atom is -0.507 e. The van der Waals surface area contributed by atoms with Crippen LogP contribution >= 0.6 is 0 Å². The van der Waals surface area contributed by atoms with E-state index in [-0.39, 0.29) is 22.6 Å². The van der Waals surface area contributed by atoms with Crippen molar-refractivity contribution in [3.05, 3.63) is 28.8 Å². The van der Waals surface area contributed by atoms with Crippen molar-refractivity contribution in [3.8, 4) is 5.75 Å². The SMILES string of the molecule is C[C@]12CCC3c4cc(C(F)F)c(O)cc4CCC3C1CCC2=O. The average molecular weight is 320 g/mol. The summed E-state index contributed by atoms with van der Waals surface area (Å²) in [7, 11) is 0. The van der Waals surface area contributed by atoms with E-state index in [0.717, 1.165) is 43.2 Å². The number of hydrogen-bond acceptors (Lipinski definition) is 2. The molecule has 0 bridgehead atoms. The molecule has 0 aliphatic heterocycles. The number of aromatic hydroxyl groups is 1. The fourth-order valence-electron chi connectivity index (χ4n) is 5.57. The van der Waals surface area contributed by atoms with Crippen LogP contribution in [0.3, 0.4) is 0 Å². The van der Waals surface area contributed by atoms with Gasteiger partial charge in [-0.05, 0) is 73.1 Å². The molecule has 3 unspecified atom stereocenters. The zero-order chi connectivity index (χ0) is 16.4. The van der Waals surface area contributed by atoms with Crippen LogP contribution in [-0.4, -0.2) is 10.9 Å². The summed E-state index contributed by atoms with van der Waals surface area (Å²) in [6.07, 6.45) is 2.54. The molecular weight excluding hydrogens is 298 g/mol. The maximum Gasteiger partial charge on any atom is 0.267 e. The van der Waals surface area contributed by atoms with Crippen LogP contribution in [-0.2, 0) is 11.2 Å². The standard InChI is InChI=1S/C19H22F2O2/c1-19-7-6-11-12(15(19)4-5-17(19)23)3-2-10-8-16(22)14(18(20)21)9-13(10)11/h8-9,11-12,15,18,22H,2-7H2,1H3/t11?,12?,15?,19-/m0/s1. The number of ketones is 1. The largest absolute Gasteiger partial charge is 0.507 e. The molecule has 0 heterocycles. The second-order valence-corrected chi connectivity index (χ2v) is 7.74. The van der Waals surface area contributed by atoms with E-state index in [2.05, 4.69) is 6.92 Å². The molecule has 4 rings (SSSR count). The van der Waals surface area contributed by atoms with E-state index in [4.69, 9.17) is 0 Å². The van der Waals surface area contributed by atoms with Gasteiger partial charge in [0.2, 0.25) is 0 Å². The Kier molecular flexibility index (Phi) is 3.30. The van der Waals surface area contributed by atoms with E-state index in [0.29, 0.717) is 24.0 Å². The summed E-state index contributed by atoms with van der Waals surface area (Å²) >= 11 is 0. The molecule has 0 amide bonds. The molecule has 4 heteroatoms. The molecule has 0 aromatic heterocycles. The summed E-state index contributed by atoms with van der Waals surface area (Å²) in [5.74, 6) is 1.19. The predicted octanol–water partition coefficient (Wildman–Crippen LogP) is 4.76. The third kappa shape index (κ3) is 2.06.